The SMILES string of the molecule is Cc1ccc(C2SCC(=O)N2Cc2cccnc2)cc1. The second-order valence-corrected chi connectivity index (χ2v) is 6.03. The van der Waals surface area contributed by atoms with Crippen molar-refractivity contribution in [3.05, 3.63) is 65.5 Å². The summed E-state index contributed by atoms with van der Waals surface area (Å²) in [6.45, 7) is 2.70. The third-order valence-corrected chi connectivity index (χ3v) is 4.66. The van der Waals surface area contributed by atoms with E-state index in [4.69, 9.17) is 0 Å². The van der Waals surface area contributed by atoms with Crippen LogP contribution in [0.25, 0.3) is 0 Å². The monoisotopic (exact) mass is 284 g/mol. The average molecular weight is 284 g/mol. The molecule has 2 aromatic rings. The van der Waals surface area contributed by atoms with E-state index in [0.29, 0.717) is 12.3 Å². The molecule has 2 heterocycles. The van der Waals surface area contributed by atoms with E-state index in [0.717, 1.165) is 5.56 Å². The van der Waals surface area contributed by atoms with Gasteiger partial charge in [0, 0.05) is 18.9 Å². The molecule has 0 bridgehead atoms. The molecule has 1 aliphatic rings. The van der Waals surface area contributed by atoms with Gasteiger partial charge >= 0.3 is 0 Å². The van der Waals surface area contributed by atoms with Crippen LogP contribution in [-0.4, -0.2) is 21.5 Å². The number of pyridine rings is 1. The van der Waals surface area contributed by atoms with E-state index in [1.54, 1.807) is 18.0 Å². The summed E-state index contributed by atoms with van der Waals surface area (Å²) in [5.74, 6) is 0.753. The van der Waals surface area contributed by atoms with Crippen LogP contribution in [0.15, 0.2) is 48.8 Å². The summed E-state index contributed by atoms with van der Waals surface area (Å²) in [5, 5.41) is 0.114. The Labute approximate surface area is 123 Å². The predicted molar refractivity (Wildman–Crippen MR) is 81.2 cm³/mol. The molecule has 1 amide bonds. The number of carbonyl (C=O) groups excluding carboxylic acids is 1. The smallest absolute Gasteiger partial charge is 0.234 e. The third kappa shape index (κ3) is 2.70. The average Bonchev–Trinajstić information content (AvgIpc) is 2.83. The molecule has 3 nitrogen and oxygen atoms in total. The first-order valence-corrected chi connectivity index (χ1v) is 7.65. The maximum absolute atomic E-state index is 12.1. The molecular weight excluding hydrogens is 268 g/mol. The van der Waals surface area contributed by atoms with Gasteiger partial charge in [0.1, 0.15) is 5.37 Å². The molecule has 1 aliphatic heterocycles. The number of hydrogen-bond acceptors (Lipinski definition) is 3. The number of nitrogens with zero attached hydrogens (tertiary/aromatic N) is 2. The van der Waals surface area contributed by atoms with Crippen LogP contribution in [0.4, 0.5) is 0 Å². The van der Waals surface area contributed by atoms with Crippen molar-refractivity contribution in [1.82, 2.24) is 9.88 Å². The Balaban J connectivity index is 1.83. The Morgan fingerprint density at radius 2 is 2.10 bits per heavy atom. The molecule has 1 unspecified atom stereocenters. The van der Waals surface area contributed by atoms with Gasteiger partial charge in [0.2, 0.25) is 5.91 Å². The fourth-order valence-corrected chi connectivity index (χ4v) is 3.51. The highest BCUT2D eigenvalue weighted by Gasteiger charge is 2.32. The van der Waals surface area contributed by atoms with E-state index in [2.05, 4.69) is 36.2 Å². The first kappa shape index (κ1) is 13.2. The molecule has 0 saturated carbocycles. The van der Waals surface area contributed by atoms with Gasteiger partial charge < -0.3 is 4.90 Å². The van der Waals surface area contributed by atoms with E-state index < -0.39 is 0 Å². The number of amides is 1. The number of carbonyl (C=O) groups is 1. The summed E-state index contributed by atoms with van der Waals surface area (Å²) in [5.41, 5.74) is 3.50. The number of benzene rings is 1. The molecule has 1 aromatic heterocycles. The molecule has 1 saturated heterocycles. The maximum Gasteiger partial charge on any atom is 0.234 e. The number of thioether (sulfide) groups is 1. The molecular formula is C16H16N2OS. The Bertz CT molecular complexity index is 598. The fourth-order valence-electron chi connectivity index (χ4n) is 2.32. The van der Waals surface area contributed by atoms with E-state index in [1.165, 1.54) is 11.1 Å². The molecule has 4 heteroatoms. The maximum atomic E-state index is 12.1. The summed E-state index contributed by atoms with van der Waals surface area (Å²) >= 11 is 1.69. The molecule has 3 rings (SSSR count). The van der Waals surface area contributed by atoms with Gasteiger partial charge in [-0.3, -0.25) is 9.78 Å². The number of aromatic nitrogens is 1. The molecule has 0 aliphatic carbocycles. The van der Waals surface area contributed by atoms with Crippen LogP contribution < -0.4 is 0 Å². The third-order valence-electron chi connectivity index (χ3n) is 3.41. The zero-order valence-corrected chi connectivity index (χ0v) is 12.1. The quantitative estimate of drug-likeness (QED) is 0.868. The van der Waals surface area contributed by atoms with Gasteiger partial charge in [-0.25, -0.2) is 0 Å². The Morgan fingerprint density at radius 1 is 1.30 bits per heavy atom. The number of hydrogen-bond donors (Lipinski definition) is 0. The molecule has 102 valence electrons. The van der Waals surface area contributed by atoms with E-state index in [9.17, 15) is 4.79 Å². The zero-order valence-electron chi connectivity index (χ0n) is 11.3. The van der Waals surface area contributed by atoms with Gasteiger partial charge in [0.15, 0.2) is 0 Å². The lowest BCUT2D eigenvalue weighted by molar-refractivity contribution is -0.128. The van der Waals surface area contributed by atoms with Crippen molar-refractivity contribution in [2.75, 3.05) is 5.75 Å². The van der Waals surface area contributed by atoms with Crippen LogP contribution in [0.5, 0.6) is 0 Å². The minimum atomic E-state index is 0.114. The summed E-state index contributed by atoms with van der Waals surface area (Å²) in [7, 11) is 0. The van der Waals surface area contributed by atoms with Crippen molar-refractivity contribution >= 4 is 17.7 Å². The highest BCUT2D eigenvalue weighted by atomic mass is 32.2. The molecule has 1 fully saturated rings. The molecule has 20 heavy (non-hydrogen) atoms. The highest BCUT2D eigenvalue weighted by molar-refractivity contribution is 8.00. The molecule has 0 radical (unpaired) electrons. The predicted octanol–water partition coefficient (Wildman–Crippen LogP) is 3.16. The molecule has 0 spiro atoms. The molecule has 0 N–H and O–H groups in total. The fraction of sp³-hybridized carbons (Fsp3) is 0.250. The Morgan fingerprint density at radius 3 is 2.80 bits per heavy atom. The largest absolute Gasteiger partial charge is 0.321 e. The van der Waals surface area contributed by atoms with Gasteiger partial charge in [-0.15, -0.1) is 11.8 Å². The van der Waals surface area contributed by atoms with Crippen LogP contribution in [0, 0.1) is 6.92 Å². The molecule has 1 aromatic carbocycles. The van der Waals surface area contributed by atoms with E-state index in [1.807, 2.05) is 23.2 Å². The van der Waals surface area contributed by atoms with Crippen molar-refractivity contribution in [3.63, 3.8) is 0 Å². The zero-order chi connectivity index (χ0) is 13.9. The lowest BCUT2D eigenvalue weighted by Gasteiger charge is -2.24. The van der Waals surface area contributed by atoms with Gasteiger partial charge in [0.05, 0.1) is 5.75 Å². The van der Waals surface area contributed by atoms with Crippen LogP contribution in [-0.2, 0) is 11.3 Å². The van der Waals surface area contributed by atoms with Crippen molar-refractivity contribution in [1.29, 1.82) is 0 Å². The topological polar surface area (TPSA) is 33.2 Å². The molecule has 1 atom stereocenters. The van der Waals surface area contributed by atoms with Crippen LogP contribution >= 0.6 is 11.8 Å². The number of rotatable bonds is 3. The van der Waals surface area contributed by atoms with Crippen LogP contribution in [0.2, 0.25) is 0 Å². The van der Waals surface area contributed by atoms with Crippen molar-refractivity contribution in [3.8, 4) is 0 Å². The second kappa shape index (κ2) is 5.67. The van der Waals surface area contributed by atoms with Crippen molar-refractivity contribution < 1.29 is 4.79 Å². The van der Waals surface area contributed by atoms with E-state index >= 15 is 0 Å². The Kier molecular flexibility index (Phi) is 3.74. The summed E-state index contributed by atoms with van der Waals surface area (Å²) in [6, 6.07) is 12.3. The minimum Gasteiger partial charge on any atom is -0.321 e. The minimum absolute atomic E-state index is 0.114. The summed E-state index contributed by atoms with van der Waals surface area (Å²) in [6.07, 6.45) is 3.57. The van der Waals surface area contributed by atoms with Gasteiger partial charge in [-0.1, -0.05) is 35.9 Å². The van der Waals surface area contributed by atoms with Gasteiger partial charge in [-0.05, 0) is 24.1 Å². The number of aryl methyl sites for hydroxylation is 1. The lowest BCUT2D eigenvalue weighted by Crippen LogP contribution is -2.27. The van der Waals surface area contributed by atoms with Gasteiger partial charge in [0.25, 0.3) is 0 Å². The normalized spacial score (nSPS) is 18.6. The highest BCUT2D eigenvalue weighted by Crippen LogP contribution is 2.39. The van der Waals surface area contributed by atoms with E-state index in [-0.39, 0.29) is 11.3 Å². The second-order valence-electron chi connectivity index (χ2n) is 4.96. The first-order valence-electron chi connectivity index (χ1n) is 6.60. The summed E-state index contributed by atoms with van der Waals surface area (Å²) < 4.78 is 0. The van der Waals surface area contributed by atoms with Crippen molar-refractivity contribution in [2.24, 2.45) is 0 Å². The first-order chi connectivity index (χ1) is 9.74. The van der Waals surface area contributed by atoms with Gasteiger partial charge in [-0.2, -0.15) is 0 Å². The van der Waals surface area contributed by atoms with Crippen LogP contribution in [0.3, 0.4) is 0 Å². The Hall–Kier alpha value is -1.81. The summed E-state index contributed by atoms with van der Waals surface area (Å²) in [4.78, 5) is 18.2. The standard InChI is InChI=1S/C16H16N2OS/c1-12-4-6-14(7-5-12)16-18(15(19)11-20-16)10-13-3-2-8-17-9-13/h2-9,16H,10-11H2,1H3. The van der Waals surface area contributed by atoms with Crippen LogP contribution in [0.1, 0.15) is 22.1 Å². The lowest BCUT2D eigenvalue weighted by atomic mass is 10.1. The van der Waals surface area contributed by atoms with Crippen molar-refractivity contribution in [2.45, 2.75) is 18.8 Å².